The third-order valence-corrected chi connectivity index (χ3v) is 3.56. The third-order valence-electron chi connectivity index (χ3n) is 3.56. The highest BCUT2D eigenvalue weighted by molar-refractivity contribution is 5.78. The van der Waals surface area contributed by atoms with Crippen molar-refractivity contribution in [2.24, 2.45) is 7.05 Å². The van der Waals surface area contributed by atoms with Gasteiger partial charge >= 0.3 is 0 Å². The minimum Gasteiger partial charge on any atom is -0.382 e. The van der Waals surface area contributed by atoms with Gasteiger partial charge in [-0.1, -0.05) is 0 Å². The van der Waals surface area contributed by atoms with Crippen LogP contribution < -0.4 is 5.73 Å². The van der Waals surface area contributed by atoms with Crippen LogP contribution in [0.2, 0.25) is 0 Å². The average Bonchev–Trinajstić information content (AvgIpc) is 3.09. The van der Waals surface area contributed by atoms with Crippen LogP contribution in [-0.4, -0.2) is 24.4 Å². The molecule has 0 saturated heterocycles. The topological polar surface area (TPSA) is 74.0 Å². The highest BCUT2D eigenvalue weighted by atomic mass is 19.1. The van der Waals surface area contributed by atoms with Crippen molar-refractivity contribution in [3.8, 4) is 22.5 Å². The van der Waals surface area contributed by atoms with Gasteiger partial charge in [0.15, 0.2) is 5.65 Å². The lowest BCUT2D eigenvalue weighted by molar-refractivity contribution is 0.628. The van der Waals surface area contributed by atoms with E-state index in [0.29, 0.717) is 11.5 Å². The molecule has 7 heteroatoms. The number of halogens is 1. The summed E-state index contributed by atoms with van der Waals surface area (Å²) in [5.41, 5.74) is 9.54. The Morgan fingerprint density at radius 3 is 2.57 bits per heavy atom. The number of nitrogens with two attached hydrogens (primary N) is 1. The number of aryl methyl sites for hydroxylation is 1. The Bertz CT molecular complexity index is 999. The smallest absolute Gasteiger partial charge is 0.156 e. The van der Waals surface area contributed by atoms with Gasteiger partial charge in [-0.3, -0.25) is 4.68 Å². The summed E-state index contributed by atoms with van der Waals surface area (Å²) in [6, 6.07) is 9.96. The van der Waals surface area contributed by atoms with Crippen molar-refractivity contribution < 1.29 is 4.39 Å². The number of benzene rings is 1. The minimum absolute atomic E-state index is 0.278. The fourth-order valence-electron chi connectivity index (χ4n) is 2.54. The Kier molecular flexibility index (Phi) is 2.87. The molecular formula is C16H13FN6. The van der Waals surface area contributed by atoms with E-state index in [0.717, 1.165) is 22.5 Å². The van der Waals surface area contributed by atoms with Gasteiger partial charge in [0.2, 0.25) is 0 Å². The normalized spacial score (nSPS) is 11.2. The molecule has 0 atom stereocenters. The van der Waals surface area contributed by atoms with Crippen molar-refractivity contribution in [2.45, 2.75) is 0 Å². The summed E-state index contributed by atoms with van der Waals surface area (Å²) in [6.07, 6.45) is 3.54. The Balaban J connectivity index is 1.88. The van der Waals surface area contributed by atoms with Crippen LogP contribution in [0.25, 0.3) is 28.2 Å². The molecule has 23 heavy (non-hydrogen) atoms. The summed E-state index contributed by atoms with van der Waals surface area (Å²) in [4.78, 5) is 4.16. The Morgan fingerprint density at radius 1 is 1.00 bits per heavy atom. The van der Waals surface area contributed by atoms with Gasteiger partial charge in [0.05, 0.1) is 11.9 Å². The second-order valence-electron chi connectivity index (χ2n) is 5.26. The number of nitrogens with zero attached hydrogens (tertiary/aromatic N) is 5. The SMILES string of the molecule is Cn1cc(-c2ccc3nc(N)cn3n2)c(-c2ccc(F)cc2)n1. The van der Waals surface area contributed by atoms with Gasteiger partial charge in [-0.2, -0.15) is 10.2 Å². The molecule has 4 rings (SSSR count). The summed E-state index contributed by atoms with van der Waals surface area (Å²) in [7, 11) is 1.84. The van der Waals surface area contributed by atoms with Crippen LogP contribution in [0.15, 0.2) is 48.8 Å². The van der Waals surface area contributed by atoms with Crippen LogP contribution in [0.3, 0.4) is 0 Å². The lowest BCUT2D eigenvalue weighted by Gasteiger charge is -2.03. The van der Waals surface area contributed by atoms with Gasteiger partial charge in [0, 0.05) is 24.4 Å². The molecule has 1 aromatic carbocycles. The molecule has 2 N–H and O–H groups in total. The zero-order chi connectivity index (χ0) is 16.0. The Hall–Kier alpha value is -3.22. The summed E-state index contributed by atoms with van der Waals surface area (Å²) in [5, 5.41) is 9.01. The second-order valence-corrected chi connectivity index (χ2v) is 5.26. The van der Waals surface area contributed by atoms with Crippen molar-refractivity contribution >= 4 is 11.5 Å². The monoisotopic (exact) mass is 308 g/mol. The first kappa shape index (κ1) is 13.4. The van der Waals surface area contributed by atoms with Gasteiger partial charge in [-0.15, -0.1) is 0 Å². The number of hydrogen-bond acceptors (Lipinski definition) is 4. The van der Waals surface area contributed by atoms with E-state index in [1.807, 2.05) is 25.4 Å². The lowest BCUT2D eigenvalue weighted by atomic mass is 10.1. The predicted molar refractivity (Wildman–Crippen MR) is 85.0 cm³/mol. The van der Waals surface area contributed by atoms with Gasteiger partial charge in [-0.25, -0.2) is 13.9 Å². The largest absolute Gasteiger partial charge is 0.382 e. The molecule has 0 spiro atoms. The first-order valence-electron chi connectivity index (χ1n) is 7.02. The molecule has 0 bridgehead atoms. The number of rotatable bonds is 2. The summed E-state index contributed by atoms with van der Waals surface area (Å²) in [5.74, 6) is 0.138. The highest BCUT2D eigenvalue weighted by Gasteiger charge is 2.14. The highest BCUT2D eigenvalue weighted by Crippen LogP contribution is 2.29. The van der Waals surface area contributed by atoms with E-state index >= 15 is 0 Å². The maximum absolute atomic E-state index is 13.1. The molecular weight excluding hydrogens is 295 g/mol. The summed E-state index contributed by atoms with van der Waals surface area (Å²) >= 11 is 0. The second kappa shape index (κ2) is 4.91. The fraction of sp³-hybridized carbons (Fsp3) is 0.0625. The van der Waals surface area contributed by atoms with Crippen LogP contribution in [0, 0.1) is 5.82 Å². The fourth-order valence-corrected chi connectivity index (χ4v) is 2.54. The van der Waals surface area contributed by atoms with E-state index < -0.39 is 0 Å². The van der Waals surface area contributed by atoms with E-state index in [4.69, 9.17) is 5.73 Å². The van der Waals surface area contributed by atoms with Gasteiger partial charge in [-0.05, 0) is 36.4 Å². The molecule has 0 unspecified atom stereocenters. The van der Waals surface area contributed by atoms with Crippen molar-refractivity contribution in [1.29, 1.82) is 0 Å². The molecule has 0 amide bonds. The van der Waals surface area contributed by atoms with E-state index in [1.165, 1.54) is 12.1 Å². The van der Waals surface area contributed by atoms with Gasteiger partial charge < -0.3 is 5.73 Å². The van der Waals surface area contributed by atoms with Crippen molar-refractivity contribution in [2.75, 3.05) is 5.73 Å². The lowest BCUT2D eigenvalue weighted by Crippen LogP contribution is -1.93. The number of nitrogen functional groups attached to an aromatic ring is 1. The molecule has 0 saturated carbocycles. The predicted octanol–water partition coefficient (Wildman–Crippen LogP) is 2.52. The molecule has 0 aliphatic rings. The van der Waals surface area contributed by atoms with E-state index in [9.17, 15) is 4.39 Å². The van der Waals surface area contributed by atoms with E-state index in [1.54, 1.807) is 27.5 Å². The molecule has 3 heterocycles. The third kappa shape index (κ3) is 2.32. The number of anilines is 1. The van der Waals surface area contributed by atoms with Crippen LogP contribution in [0.5, 0.6) is 0 Å². The summed E-state index contributed by atoms with van der Waals surface area (Å²) < 4.78 is 16.5. The average molecular weight is 308 g/mol. The first-order chi connectivity index (χ1) is 11.1. The standard InChI is InChI=1S/C16H13FN6/c1-22-8-12(16(21-22)10-2-4-11(17)5-3-10)13-6-7-15-19-14(18)9-23(15)20-13/h2-9H,18H2,1H3. The van der Waals surface area contributed by atoms with Crippen LogP contribution >= 0.6 is 0 Å². The van der Waals surface area contributed by atoms with Crippen molar-refractivity contribution in [3.63, 3.8) is 0 Å². The molecule has 0 fully saturated rings. The number of fused-ring (bicyclic) bond motifs is 1. The van der Waals surface area contributed by atoms with E-state index in [2.05, 4.69) is 15.2 Å². The Morgan fingerprint density at radius 2 is 1.78 bits per heavy atom. The van der Waals surface area contributed by atoms with Crippen LogP contribution in [0.1, 0.15) is 0 Å². The van der Waals surface area contributed by atoms with Crippen LogP contribution in [-0.2, 0) is 7.05 Å². The molecule has 114 valence electrons. The molecule has 0 radical (unpaired) electrons. The molecule has 0 aliphatic carbocycles. The van der Waals surface area contributed by atoms with Crippen LogP contribution in [0.4, 0.5) is 10.2 Å². The Labute approximate surface area is 131 Å². The van der Waals surface area contributed by atoms with Gasteiger partial charge in [0.25, 0.3) is 0 Å². The molecule has 0 aliphatic heterocycles. The van der Waals surface area contributed by atoms with Crippen molar-refractivity contribution in [1.82, 2.24) is 24.4 Å². The molecule has 3 aromatic heterocycles. The summed E-state index contributed by atoms with van der Waals surface area (Å²) in [6.45, 7) is 0. The maximum Gasteiger partial charge on any atom is 0.156 e. The quantitative estimate of drug-likeness (QED) is 0.617. The molecule has 4 aromatic rings. The zero-order valence-electron chi connectivity index (χ0n) is 12.3. The van der Waals surface area contributed by atoms with Crippen molar-refractivity contribution in [3.05, 3.63) is 54.6 Å². The zero-order valence-corrected chi connectivity index (χ0v) is 12.3. The van der Waals surface area contributed by atoms with Gasteiger partial charge in [0.1, 0.15) is 17.3 Å². The number of aromatic nitrogens is 5. The number of hydrogen-bond donors (Lipinski definition) is 1. The first-order valence-corrected chi connectivity index (χ1v) is 7.02. The minimum atomic E-state index is -0.278. The van der Waals surface area contributed by atoms with E-state index in [-0.39, 0.29) is 5.82 Å². The maximum atomic E-state index is 13.1. The number of imidazole rings is 1. The molecule has 6 nitrogen and oxygen atoms in total.